The lowest BCUT2D eigenvalue weighted by Crippen LogP contribution is -2.15. The van der Waals surface area contributed by atoms with E-state index in [4.69, 9.17) is 28.9 Å². The molecule has 0 fully saturated rings. The molecule has 112 valence electrons. The molecule has 0 heterocycles. The normalized spacial score (nSPS) is 11.4. The molecule has 0 aliphatic heterocycles. The van der Waals surface area contributed by atoms with E-state index in [1.165, 1.54) is 12.1 Å². The largest absolute Gasteiger partial charge is 0.399 e. The van der Waals surface area contributed by atoms with Gasteiger partial charge in [0.15, 0.2) is 5.82 Å². The van der Waals surface area contributed by atoms with Crippen LogP contribution in [0.3, 0.4) is 0 Å². The highest BCUT2D eigenvalue weighted by Gasteiger charge is 2.23. The van der Waals surface area contributed by atoms with Gasteiger partial charge >= 0.3 is 0 Å². The van der Waals surface area contributed by atoms with Gasteiger partial charge in [-0.2, -0.15) is 0 Å². The van der Waals surface area contributed by atoms with E-state index in [2.05, 4.69) is 20.7 Å². The molecule has 0 saturated heterocycles. The number of nitrogens with two attached hydrogens (primary N) is 1. The summed E-state index contributed by atoms with van der Waals surface area (Å²) >= 11 is 14.7. The van der Waals surface area contributed by atoms with E-state index in [-0.39, 0.29) is 21.4 Å². The van der Waals surface area contributed by atoms with Crippen molar-refractivity contribution >= 4 is 60.5 Å². The van der Waals surface area contributed by atoms with Crippen molar-refractivity contribution in [3.8, 4) is 0 Å². The van der Waals surface area contributed by atoms with E-state index in [9.17, 15) is 12.8 Å². The van der Waals surface area contributed by atoms with Crippen LogP contribution in [-0.4, -0.2) is 8.42 Å². The third-order valence-corrected chi connectivity index (χ3v) is 4.93. The maximum Gasteiger partial charge on any atom is 0.264 e. The fourth-order valence-corrected chi connectivity index (χ4v) is 3.83. The quantitative estimate of drug-likeness (QED) is 0.737. The summed E-state index contributed by atoms with van der Waals surface area (Å²) in [7, 11) is -4.21. The zero-order valence-corrected chi connectivity index (χ0v) is 14.1. The van der Waals surface area contributed by atoms with Crippen molar-refractivity contribution in [2.75, 3.05) is 10.5 Å². The maximum atomic E-state index is 13.9. The third-order valence-electron chi connectivity index (χ3n) is 2.48. The smallest absolute Gasteiger partial charge is 0.264 e. The molecule has 2 rings (SSSR count). The van der Waals surface area contributed by atoms with Gasteiger partial charge in [0.25, 0.3) is 10.0 Å². The Labute approximate surface area is 139 Å². The minimum Gasteiger partial charge on any atom is -0.399 e. The monoisotopic (exact) mass is 412 g/mol. The zero-order valence-electron chi connectivity index (χ0n) is 10.2. The summed E-state index contributed by atoms with van der Waals surface area (Å²) in [6, 6.07) is 6.64. The van der Waals surface area contributed by atoms with Crippen LogP contribution in [0.5, 0.6) is 0 Å². The molecule has 2 aromatic rings. The Hall–Kier alpha value is -1.02. The summed E-state index contributed by atoms with van der Waals surface area (Å²) in [6.07, 6.45) is 0. The fourth-order valence-electron chi connectivity index (χ4n) is 1.55. The van der Waals surface area contributed by atoms with Crippen LogP contribution in [0.2, 0.25) is 10.0 Å². The number of anilines is 2. The van der Waals surface area contributed by atoms with Crippen molar-refractivity contribution in [1.29, 1.82) is 0 Å². The molecule has 2 aromatic carbocycles. The Balaban J connectivity index is 2.48. The van der Waals surface area contributed by atoms with Crippen molar-refractivity contribution < 1.29 is 12.8 Å². The lowest BCUT2D eigenvalue weighted by molar-refractivity contribution is 0.571. The minimum atomic E-state index is -4.21. The number of hydrogen-bond acceptors (Lipinski definition) is 3. The number of benzene rings is 2. The number of nitrogen functional groups attached to an aromatic ring is 1. The average molecular weight is 414 g/mol. The second-order valence-corrected chi connectivity index (χ2v) is 7.43. The topological polar surface area (TPSA) is 72.2 Å². The first kappa shape index (κ1) is 16.4. The van der Waals surface area contributed by atoms with Gasteiger partial charge in [-0.15, -0.1) is 0 Å². The van der Waals surface area contributed by atoms with E-state index >= 15 is 0 Å². The van der Waals surface area contributed by atoms with Gasteiger partial charge in [0.1, 0.15) is 4.90 Å². The molecule has 0 aliphatic carbocycles. The summed E-state index contributed by atoms with van der Waals surface area (Å²) in [4.78, 5) is -0.647. The van der Waals surface area contributed by atoms with Crippen molar-refractivity contribution in [2.24, 2.45) is 0 Å². The summed E-state index contributed by atoms with van der Waals surface area (Å²) in [5.74, 6) is -1.08. The van der Waals surface area contributed by atoms with Crippen LogP contribution in [0.4, 0.5) is 15.8 Å². The number of sulfonamides is 1. The predicted molar refractivity (Wildman–Crippen MR) is 85.8 cm³/mol. The zero-order chi connectivity index (χ0) is 15.8. The van der Waals surface area contributed by atoms with Crippen LogP contribution < -0.4 is 10.5 Å². The Morgan fingerprint density at radius 3 is 2.43 bits per heavy atom. The molecule has 9 heteroatoms. The second-order valence-electron chi connectivity index (χ2n) is 4.04. The first-order valence-electron chi connectivity index (χ1n) is 5.43. The van der Waals surface area contributed by atoms with Crippen molar-refractivity contribution in [1.82, 2.24) is 0 Å². The van der Waals surface area contributed by atoms with Gasteiger partial charge < -0.3 is 5.73 Å². The van der Waals surface area contributed by atoms with Crippen LogP contribution >= 0.6 is 39.1 Å². The third kappa shape index (κ3) is 3.60. The first-order chi connectivity index (χ1) is 9.70. The van der Waals surface area contributed by atoms with Crippen molar-refractivity contribution in [2.45, 2.75) is 4.90 Å². The van der Waals surface area contributed by atoms with Gasteiger partial charge in [0, 0.05) is 10.2 Å². The van der Waals surface area contributed by atoms with Gasteiger partial charge in [-0.1, -0.05) is 39.1 Å². The van der Waals surface area contributed by atoms with Crippen molar-refractivity contribution in [3.05, 3.63) is 50.7 Å². The van der Waals surface area contributed by atoms with Crippen LogP contribution in [0.1, 0.15) is 0 Å². The van der Waals surface area contributed by atoms with E-state index in [0.29, 0.717) is 4.47 Å². The number of nitrogens with one attached hydrogen (secondary N) is 1. The molecular formula is C12H8BrCl2FN2O2S. The Morgan fingerprint density at radius 1 is 1.14 bits per heavy atom. The van der Waals surface area contributed by atoms with Crippen LogP contribution in [-0.2, 0) is 10.0 Å². The van der Waals surface area contributed by atoms with E-state index in [1.807, 2.05) is 0 Å². The van der Waals surface area contributed by atoms with Gasteiger partial charge in [0.05, 0.1) is 15.7 Å². The minimum absolute atomic E-state index is 0.0312. The van der Waals surface area contributed by atoms with E-state index in [0.717, 1.165) is 12.1 Å². The summed E-state index contributed by atoms with van der Waals surface area (Å²) in [6.45, 7) is 0. The molecule has 0 unspecified atom stereocenters. The summed E-state index contributed by atoms with van der Waals surface area (Å²) in [5.41, 5.74) is 5.63. The molecular weight excluding hydrogens is 406 g/mol. The first-order valence-corrected chi connectivity index (χ1v) is 8.46. The summed E-state index contributed by atoms with van der Waals surface area (Å²) in [5, 5.41) is -0.222. The average Bonchev–Trinajstić information content (AvgIpc) is 2.37. The molecule has 3 N–H and O–H groups in total. The molecule has 0 amide bonds. The van der Waals surface area contributed by atoms with Gasteiger partial charge in [-0.25, -0.2) is 12.8 Å². The van der Waals surface area contributed by atoms with E-state index in [1.54, 1.807) is 6.07 Å². The molecule has 0 aromatic heterocycles. The van der Waals surface area contributed by atoms with E-state index < -0.39 is 20.7 Å². The molecule has 0 bridgehead atoms. The maximum absolute atomic E-state index is 13.9. The molecule has 0 radical (unpaired) electrons. The Kier molecular flexibility index (Phi) is 4.67. The number of rotatable bonds is 3. The van der Waals surface area contributed by atoms with Gasteiger partial charge in [-0.3, -0.25) is 4.72 Å². The highest BCUT2D eigenvalue weighted by atomic mass is 79.9. The summed E-state index contributed by atoms with van der Waals surface area (Å²) < 4.78 is 41.2. The highest BCUT2D eigenvalue weighted by molar-refractivity contribution is 9.10. The molecule has 0 saturated carbocycles. The predicted octanol–water partition coefficient (Wildman–Crippen LogP) is 4.28. The van der Waals surface area contributed by atoms with Gasteiger partial charge in [-0.05, 0) is 30.3 Å². The van der Waals surface area contributed by atoms with Crippen molar-refractivity contribution in [3.63, 3.8) is 0 Å². The molecule has 0 spiro atoms. The Bertz CT molecular complexity index is 815. The van der Waals surface area contributed by atoms with Crippen LogP contribution in [0.15, 0.2) is 39.7 Å². The Morgan fingerprint density at radius 2 is 1.81 bits per heavy atom. The standard InChI is InChI=1S/C12H8BrCl2FN2O2S/c13-6-1-2-10(8(14)3-6)18-21(19,20)11-5-7(17)4-9(15)12(11)16/h1-5,18H,17H2. The SMILES string of the molecule is Nc1cc(Cl)c(F)c(S(=O)(=O)Nc2ccc(Br)cc2Cl)c1. The molecule has 4 nitrogen and oxygen atoms in total. The fraction of sp³-hybridized carbons (Fsp3) is 0. The molecule has 0 atom stereocenters. The van der Waals surface area contributed by atoms with Crippen LogP contribution in [0.25, 0.3) is 0 Å². The highest BCUT2D eigenvalue weighted by Crippen LogP contribution is 2.30. The molecule has 0 aliphatic rings. The lowest BCUT2D eigenvalue weighted by Gasteiger charge is -2.11. The second kappa shape index (κ2) is 6.00. The molecule has 21 heavy (non-hydrogen) atoms. The van der Waals surface area contributed by atoms with Gasteiger partial charge in [0.2, 0.25) is 0 Å². The number of hydrogen-bond donors (Lipinski definition) is 2. The number of halogens is 4. The van der Waals surface area contributed by atoms with Crippen LogP contribution in [0, 0.1) is 5.82 Å². The lowest BCUT2D eigenvalue weighted by atomic mass is 10.3.